The smallest absolute Gasteiger partial charge is 0.255 e. The standard InChI is InChI=1S/C24H19F2N5O3/c1-12(32)27-17-7-14(8-18(10-17)28-13(2)33)24(34)29-16-4-6-21-22(11-16)31-23(30-21)19-9-15(25)3-5-20(19)26/h3-11H,1-2H3,(H,27,32)(H,28,33)(H,29,34)(H,30,31). The van der Waals surface area contributed by atoms with Crippen LogP contribution in [0.3, 0.4) is 0 Å². The number of rotatable bonds is 5. The molecule has 4 rings (SSSR count). The maximum absolute atomic E-state index is 14.1. The van der Waals surface area contributed by atoms with Crippen LogP contribution in [0, 0.1) is 11.6 Å². The van der Waals surface area contributed by atoms with E-state index in [4.69, 9.17) is 0 Å². The van der Waals surface area contributed by atoms with Gasteiger partial charge in [0.05, 0.1) is 16.6 Å². The Balaban J connectivity index is 1.62. The Kier molecular flexibility index (Phi) is 6.05. The minimum Gasteiger partial charge on any atom is -0.338 e. The van der Waals surface area contributed by atoms with Crippen molar-refractivity contribution < 1.29 is 23.2 Å². The summed E-state index contributed by atoms with van der Waals surface area (Å²) in [5.74, 6) is -2.22. The van der Waals surface area contributed by atoms with Gasteiger partial charge in [-0.05, 0) is 54.6 Å². The Morgan fingerprint density at radius 1 is 0.794 bits per heavy atom. The number of carbonyl (C=O) groups excluding carboxylic acids is 3. The number of fused-ring (bicyclic) bond motifs is 1. The van der Waals surface area contributed by atoms with Gasteiger partial charge in [-0.1, -0.05) is 0 Å². The predicted octanol–water partition coefficient (Wildman–Crippen LogP) is 4.68. The van der Waals surface area contributed by atoms with Crippen molar-refractivity contribution >= 4 is 45.8 Å². The van der Waals surface area contributed by atoms with E-state index in [0.29, 0.717) is 28.1 Å². The van der Waals surface area contributed by atoms with E-state index in [1.54, 1.807) is 18.2 Å². The highest BCUT2D eigenvalue weighted by Crippen LogP contribution is 2.26. The lowest BCUT2D eigenvalue weighted by atomic mass is 10.1. The molecule has 4 N–H and O–H groups in total. The highest BCUT2D eigenvalue weighted by atomic mass is 19.1. The van der Waals surface area contributed by atoms with Crippen LogP contribution >= 0.6 is 0 Å². The molecule has 10 heteroatoms. The second kappa shape index (κ2) is 9.10. The van der Waals surface area contributed by atoms with Crippen LogP contribution in [0.2, 0.25) is 0 Å². The first kappa shape index (κ1) is 22.6. The van der Waals surface area contributed by atoms with Crippen LogP contribution in [-0.4, -0.2) is 27.7 Å². The first-order valence-electron chi connectivity index (χ1n) is 10.1. The zero-order valence-electron chi connectivity index (χ0n) is 18.1. The molecular formula is C24H19F2N5O3. The lowest BCUT2D eigenvalue weighted by Gasteiger charge is -2.11. The predicted molar refractivity (Wildman–Crippen MR) is 124 cm³/mol. The highest BCUT2D eigenvalue weighted by Gasteiger charge is 2.14. The number of hydrogen-bond donors (Lipinski definition) is 4. The topological polar surface area (TPSA) is 116 Å². The molecule has 0 aliphatic carbocycles. The second-order valence-electron chi connectivity index (χ2n) is 7.56. The van der Waals surface area contributed by atoms with E-state index in [9.17, 15) is 23.2 Å². The third-order valence-corrected chi connectivity index (χ3v) is 4.76. The fraction of sp³-hybridized carbons (Fsp3) is 0.0833. The van der Waals surface area contributed by atoms with E-state index in [0.717, 1.165) is 18.2 Å². The van der Waals surface area contributed by atoms with Crippen molar-refractivity contribution in [3.8, 4) is 11.4 Å². The van der Waals surface area contributed by atoms with Gasteiger partial charge in [0, 0.05) is 36.5 Å². The molecule has 0 atom stereocenters. The summed E-state index contributed by atoms with van der Waals surface area (Å²) in [5.41, 5.74) is 2.28. The number of aromatic amines is 1. The van der Waals surface area contributed by atoms with Crippen LogP contribution < -0.4 is 16.0 Å². The Hall–Kier alpha value is -4.60. The Bertz CT molecular complexity index is 1410. The number of nitrogens with one attached hydrogen (secondary N) is 4. The lowest BCUT2D eigenvalue weighted by molar-refractivity contribution is -0.115. The second-order valence-corrected chi connectivity index (χ2v) is 7.56. The fourth-order valence-corrected chi connectivity index (χ4v) is 3.41. The molecule has 0 fully saturated rings. The van der Waals surface area contributed by atoms with E-state index in [1.807, 2.05) is 0 Å². The van der Waals surface area contributed by atoms with Gasteiger partial charge in [0.25, 0.3) is 5.91 Å². The maximum atomic E-state index is 14.1. The number of hydrogen-bond acceptors (Lipinski definition) is 4. The van der Waals surface area contributed by atoms with Gasteiger partial charge in [0.1, 0.15) is 17.5 Å². The SMILES string of the molecule is CC(=O)Nc1cc(NC(C)=O)cc(C(=O)Nc2ccc3nc(-c4cc(F)ccc4F)[nH]c3c2)c1. The summed E-state index contributed by atoms with van der Waals surface area (Å²) in [6.07, 6.45) is 0. The summed E-state index contributed by atoms with van der Waals surface area (Å²) in [7, 11) is 0. The molecule has 0 saturated carbocycles. The van der Waals surface area contributed by atoms with Crippen LogP contribution in [-0.2, 0) is 9.59 Å². The summed E-state index contributed by atoms with van der Waals surface area (Å²) >= 11 is 0. The molecule has 0 aliphatic heterocycles. The van der Waals surface area contributed by atoms with Gasteiger partial charge in [-0.25, -0.2) is 13.8 Å². The van der Waals surface area contributed by atoms with Crippen molar-refractivity contribution in [1.82, 2.24) is 9.97 Å². The summed E-state index contributed by atoms with van der Waals surface area (Å²) in [6, 6.07) is 12.4. The molecule has 0 spiro atoms. The zero-order valence-corrected chi connectivity index (χ0v) is 18.1. The van der Waals surface area contributed by atoms with Crippen LogP contribution in [0.25, 0.3) is 22.4 Å². The molecular weight excluding hydrogens is 444 g/mol. The number of amides is 3. The third-order valence-electron chi connectivity index (χ3n) is 4.76. The van der Waals surface area contributed by atoms with Crippen molar-refractivity contribution in [2.24, 2.45) is 0 Å². The number of benzene rings is 3. The molecule has 8 nitrogen and oxygen atoms in total. The molecule has 1 heterocycles. The van der Waals surface area contributed by atoms with E-state index < -0.39 is 17.5 Å². The minimum absolute atomic E-state index is 0.0120. The summed E-state index contributed by atoms with van der Waals surface area (Å²) in [5, 5.41) is 7.91. The fourth-order valence-electron chi connectivity index (χ4n) is 3.41. The Morgan fingerprint density at radius 2 is 1.47 bits per heavy atom. The summed E-state index contributed by atoms with van der Waals surface area (Å²) < 4.78 is 27.7. The monoisotopic (exact) mass is 463 g/mol. The molecule has 3 amide bonds. The normalized spacial score (nSPS) is 10.7. The largest absolute Gasteiger partial charge is 0.338 e. The molecule has 0 unspecified atom stereocenters. The number of carbonyl (C=O) groups is 3. The van der Waals surface area contributed by atoms with Gasteiger partial charge in [-0.3, -0.25) is 14.4 Å². The molecule has 1 aromatic heterocycles. The van der Waals surface area contributed by atoms with Crippen molar-refractivity contribution in [1.29, 1.82) is 0 Å². The number of anilines is 3. The molecule has 0 saturated heterocycles. The first-order valence-corrected chi connectivity index (χ1v) is 10.1. The van der Waals surface area contributed by atoms with Gasteiger partial charge < -0.3 is 20.9 Å². The van der Waals surface area contributed by atoms with Crippen molar-refractivity contribution in [2.75, 3.05) is 16.0 Å². The minimum atomic E-state index is -0.622. The van der Waals surface area contributed by atoms with Crippen LogP contribution in [0.4, 0.5) is 25.8 Å². The van der Waals surface area contributed by atoms with Gasteiger partial charge in [0.15, 0.2) is 0 Å². The number of halogens is 2. The van der Waals surface area contributed by atoms with Crippen molar-refractivity contribution in [2.45, 2.75) is 13.8 Å². The lowest BCUT2D eigenvalue weighted by Crippen LogP contribution is -2.15. The molecule has 34 heavy (non-hydrogen) atoms. The van der Waals surface area contributed by atoms with E-state index >= 15 is 0 Å². The van der Waals surface area contributed by atoms with Crippen molar-refractivity contribution in [3.63, 3.8) is 0 Å². The van der Waals surface area contributed by atoms with Crippen LogP contribution in [0.5, 0.6) is 0 Å². The quantitative estimate of drug-likeness (QED) is 0.344. The Labute approximate surface area is 192 Å². The molecule has 4 aromatic rings. The molecule has 0 aliphatic rings. The third kappa shape index (κ3) is 5.07. The molecule has 172 valence electrons. The number of imidazole rings is 1. The first-order chi connectivity index (χ1) is 16.2. The summed E-state index contributed by atoms with van der Waals surface area (Å²) in [4.78, 5) is 43.0. The summed E-state index contributed by atoms with van der Waals surface area (Å²) in [6.45, 7) is 2.66. The van der Waals surface area contributed by atoms with Gasteiger partial charge in [-0.15, -0.1) is 0 Å². The molecule has 0 radical (unpaired) electrons. The van der Waals surface area contributed by atoms with Crippen molar-refractivity contribution in [3.05, 3.63) is 71.8 Å². The Morgan fingerprint density at radius 3 is 2.12 bits per heavy atom. The number of H-pyrrole nitrogens is 1. The average Bonchev–Trinajstić information content (AvgIpc) is 3.17. The number of nitrogens with zero attached hydrogens (tertiary/aromatic N) is 1. The highest BCUT2D eigenvalue weighted by molar-refractivity contribution is 6.07. The van der Waals surface area contributed by atoms with E-state index in [-0.39, 0.29) is 28.8 Å². The van der Waals surface area contributed by atoms with Gasteiger partial charge in [0.2, 0.25) is 11.8 Å². The van der Waals surface area contributed by atoms with Gasteiger partial charge >= 0.3 is 0 Å². The van der Waals surface area contributed by atoms with Crippen LogP contribution in [0.15, 0.2) is 54.6 Å². The molecule has 3 aromatic carbocycles. The maximum Gasteiger partial charge on any atom is 0.255 e. The number of aromatic nitrogens is 2. The zero-order chi connectivity index (χ0) is 24.4. The van der Waals surface area contributed by atoms with E-state index in [2.05, 4.69) is 25.9 Å². The molecule has 0 bridgehead atoms. The van der Waals surface area contributed by atoms with E-state index in [1.165, 1.54) is 32.0 Å². The van der Waals surface area contributed by atoms with Gasteiger partial charge in [-0.2, -0.15) is 0 Å². The average molecular weight is 463 g/mol. The van der Waals surface area contributed by atoms with Crippen LogP contribution in [0.1, 0.15) is 24.2 Å².